The van der Waals surface area contributed by atoms with Crippen molar-refractivity contribution in [1.82, 2.24) is 14.8 Å². The molecule has 0 aliphatic heterocycles. The van der Waals surface area contributed by atoms with Crippen molar-refractivity contribution < 1.29 is 9.90 Å². The lowest BCUT2D eigenvalue weighted by Crippen LogP contribution is -2.07. The van der Waals surface area contributed by atoms with E-state index in [0.717, 1.165) is 21.5 Å². The maximum atomic E-state index is 11.2. The highest BCUT2D eigenvalue weighted by atomic mass is 35.5. The van der Waals surface area contributed by atoms with E-state index in [1.807, 2.05) is 19.1 Å². The standard InChI is InChI=1S/C19H20ClN3O2S/c1-11-7-15(19(24)25)22-23(11)10-13-8-14(20)9-16-17(13)21-18(26-16)12-5-3-2-4-6-12/h7-9,12H,2-6,10H2,1H3,(H,24,25). The molecular weight excluding hydrogens is 370 g/mol. The highest BCUT2D eigenvalue weighted by molar-refractivity contribution is 7.18. The predicted molar refractivity (Wildman–Crippen MR) is 103 cm³/mol. The number of halogens is 1. The van der Waals surface area contributed by atoms with Gasteiger partial charge < -0.3 is 5.11 Å². The van der Waals surface area contributed by atoms with E-state index in [2.05, 4.69) is 5.10 Å². The number of fused-ring (bicyclic) bond motifs is 1. The third kappa shape index (κ3) is 3.35. The van der Waals surface area contributed by atoms with Crippen molar-refractivity contribution >= 4 is 39.1 Å². The van der Waals surface area contributed by atoms with Gasteiger partial charge in [-0.25, -0.2) is 9.78 Å². The number of aromatic nitrogens is 3. The molecule has 26 heavy (non-hydrogen) atoms. The fourth-order valence-corrected chi connectivity index (χ4v) is 5.19. The quantitative estimate of drug-likeness (QED) is 0.661. The molecule has 0 bridgehead atoms. The molecule has 1 aliphatic carbocycles. The highest BCUT2D eigenvalue weighted by Crippen LogP contribution is 2.38. The molecule has 0 radical (unpaired) electrons. The Hall–Kier alpha value is -1.92. The smallest absolute Gasteiger partial charge is 0.356 e. The minimum atomic E-state index is -1.02. The largest absolute Gasteiger partial charge is 0.476 e. The van der Waals surface area contributed by atoms with Gasteiger partial charge in [-0.3, -0.25) is 4.68 Å². The molecule has 0 amide bonds. The average molecular weight is 390 g/mol. The molecule has 2 heterocycles. The van der Waals surface area contributed by atoms with Gasteiger partial charge in [0.1, 0.15) is 0 Å². The third-order valence-electron chi connectivity index (χ3n) is 5.03. The second kappa shape index (κ2) is 7.00. The lowest BCUT2D eigenvalue weighted by atomic mass is 9.90. The van der Waals surface area contributed by atoms with Crippen molar-refractivity contribution in [2.45, 2.75) is 51.5 Å². The lowest BCUT2D eigenvalue weighted by Gasteiger charge is -2.18. The van der Waals surface area contributed by atoms with Gasteiger partial charge in [0.15, 0.2) is 5.69 Å². The fourth-order valence-electron chi connectivity index (χ4n) is 3.66. The lowest BCUT2D eigenvalue weighted by molar-refractivity contribution is 0.0689. The number of aryl methyl sites for hydroxylation is 1. The second-order valence-electron chi connectivity index (χ2n) is 6.93. The van der Waals surface area contributed by atoms with Crippen LogP contribution in [0.3, 0.4) is 0 Å². The molecule has 1 fully saturated rings. The average Bonchev–Trinajstić information content (AvgIpc) is 3.20. The minimum Gasteiger partial charge on any atom is -0.476 e. The van der Waals surface area contributed by atoms with Gasteiger partial charge in [-0.2, -0.15) is 5.10 Å². The van der Waals surface area contributed by atoms with E-state index < -0.39 is 5.97 Å². The second-order valence-corrected chi connectivity index (χ2v) is 8.43. The monoisotopic (exact) mass is 389 g/mol. The van der Waals surface area contributed by atoms with Gasteiger partial charge in [-0.15, -0.1) is 11.3 Å². The number of nitrogens with zero attached hydrogens (tertiary/aromatic N) is 3. The first-order chi connectivity index (χ1) is 12.5. The van der Waals surface area contributed by atoms with Gasteiger partial charge >= 0.3 is 5.97 Å². The molecule has 0 unspecified atom stereocenters. The van der Waals surface area contributed by atoms with E-state index in [1.165, 1.54) is 37.1 Å². The number of hydrogen-bond acceptors (Lipinski definition) is 4. The first kappa shape index (κ1) is 17.5. The van der Waals surface area contributed by atoms with Crippen LogP contribution in [0.4, 0.5) is 0 Å². The molecular formula is C19H20ClN3O2S. The molecule has 7 heteroatoms. The van der Waals surface area contributed by atoms with Crippen LogP contribution in [-0.2, 0) is 6.54 Å². The minimum absolute atomic E-state index is 0.0574. The van der Waals surface area contributed by atoms with Gasteiger partial charge in [-0.1, -0.05) is 30.9 Å². The van der Waals surface area contributed by atoms with Gasteiger partial charge in [-0.05, 0) is 38.0 Å². The third-order valence-corrected chi connectivity index (χ3v) is 6.41. The number of carboxylic acids is 1. The van der Waals surface area contributed by atoms with E-state index in [0.29, 0.717) is 17.5 Å². The summed E-state index contributed by atoms with van der Waals surface area (Å²) in [5, 5.41) is 15.2. The van der Waals surface area contributed by atoms with Crippen LogP contribution in [0.15, 0.2) is 18.2 Å². The van der Waals surface area contributed by atoms with E-state index in [-0.39, 0.29) is 5.69 Å². The van der Waals surface area contributed by atoms with Crippen molar-refractivity contribution in [2.24, 2.45) is 0 Å². The molecule has 0 atom stereocenters. The summed E-state index contributed by atoms with van der Waals surface area (Å²) < 4.78 is 2.80. The van der Waals surface area contributed by atoms with Crippen molar-refractivity contribution in [3.05, 3.63) is 45.2 Å². The molecule has 1 aliphatic rings. The van der Waals surface area contributed by atoms with Crippen LogP contribution in [0.5, 0.6) is 0 Å². The highest BCUT2D eigenvalue weighted by Gasteiger charge is 2.21. The van der Waals surface area contributed by atoms with Gasteiger partial charge in [0.05, 0.1) is 21.8 Å². The molecule has 0 spiro atoms. The predicted octanol–water partition coefficient (Wildman–Crippen LogP) is 5.25. The maximum absolute atomic E-state index is 11.2. The number of rotatable bonds is 4. The summed E-state index contributed by atoms with van der Waals surface area (Å²) in [5.41, 5.74) is 2.81. The van der Waals surface area contributed by atoms with Gasteiger partial charge in [0, 0.05) is 22.2 Å². The summed E-state index contributed by atoms with van der Waals surface area (Å²) >= 11 is 8.07. The van der Waals surface area contributed by atoms with Crippen molar-refractivity contribution in [1.29, 1.82) is 0 Å². The molecule has 3 aromatic rings. The van der Waals surface area contributed by atoms with Crippen molar-refractivity contribution in [2.75, 3.05) is 0 Å². The summed E-state index contributed by atoms with van der Waals surface area (Å²) in [7, 11) is 0. The van der Waals surface area contributed by atoms with Crippen LogP contribution in [0.1, 0.15) is 64.8 Å². The molecule has 1 aromatic carbocycles. The molecule has 5 nitrogen and oxygen atoms in total. The number of benzene rings is 1. The Morgan fingerprint density at radius 3 is 2.77 bits per heavy atom. The maximum Gasteiger partial charge on any atom is 0.356 e. The van der Waals surface area contributed by atoms with Crippen molar-refractivity contribution in [3.63, 3.8) is 0 Å². The summed E-state index contributed by atoms with van der Waals surface area (Å²) in [4.78, 5) is 16.1. The molecule has 0 saturated heterocycles. The van der Waals surface area contributed by atoms with Crippen molar-refractivity contribution in [3.8, 4) is 0 Å². The Morgan fingerprint density at radius 2 is 2.08 bits per heavy atom. The Kier molecular flexibility index (Phi) is 4.71. The zero-order chi connectivity index (χ0) is 18.3. The summed E-state index contributed by atoms with van der Waals surface area (Å²) in [6.07, 6.45) is 6.30. The number of carboxylic acid groups (broad SMARTS) is 1. The normalized spacial score (nSPS) is 15.6. The SMILES string of the molecule is Cc1cc(C(=O)O)nn1Cc1cc(Cl)cc2sc(C3CCCCC3)nc12. The Balaban J connectivity index is 1.72. The van der Waals surface area contributed by atoms with Crippen LogP contribution in [-0.4, -0.2) is 25.8 Å². The number of carbonyl (C=O) groups is 1. The zero-order valence-corrected chi connectivity index (χ0v) is 16.1. The molecule has 2 aromatic heterocycles. The van der Waals surface area contributed by atoms with Crippen LogP contribution in [0, 0.1) is 6.92 Å². The van der Waals surface area contributed by atoms with Gasteiger partial charge in [0.2, 0.25) is 0 Å². The molecule has 136 valence electrons. The Bertz CT molecular complexity index is 973. The summed E-state index contributed by atoms with van der Waals surface area (Å²) in [5.74, 6) is -0.464. The van der Waals surface area contributed by atoms with Crippen LogP contribution in [0.25, 0.3) is 10.2 Å². The van der Waals surface area contributed by atoms with E-state index in [9.17, 15) is 4.79 Å². The van der Waals surface area contributed by atoms with Crippen LogP contribution in [0.2, 0.25) is 5.02 Å². The molecule has 1 N–H and O–H groups in total. The number of hydrogen-bond donors (Lipinski definition) is 1. The van der Waals surface area contributed by atoms with Gasteiger partial charge in [0.25, 0.3) is 0 Å². The Morgan fingerprint density at radius 1 is 1.31 bits per heavy atom. The molecule has 4 rings (SSSR count). The topological polar surface area (TPSA) is 68.0 Å². The summed E-state index contributed by atoms with van der Waals surface area (Å²) in [6.45, 7) is 2.32. The summed E-state index contributed by atoms with van der Waals surface area (Å²) in [6, 6.07) is 5.47. The van der Waals surface area contributed by atoms with Crippen LogP contribution < -0.4 is 0 Å². The fraction of sp³-hybridized carbons (Fsp3) is 0.421. The van der Waals surface area contributed by atoms with E-state index >= 15 is 0 Å². The molecule has 1 saturated carbocycles. The first-order valence-electron chi connectivity index (χ1n) is 8.88. The van der Waals surface area contributed by atoms with E-state index in [1.54, 1.807) is 22.1 Å². The van der Waals surface area contributed by atoms with Crippen LogP contribution >= 0.6 is 22.9 Å². The Labute approximate surface area is 160 Å². The first-order valence-corrected chi connectivity index (χ1v) is 10.1. The zero-order valence-electron chi connectivity index (χ0n) is 14.5. The number of thiazole rings is 1. The number of aromatic carboxylic acids is 1. The van der Waals surface area contributed by atoms with E-state index in [4.69, 9.17) is 21.7 Å².